The third kappa shape index (κ3) is 2.15. The summed E-state index contributed by atoms with van der Waals surface area (Å²) in [7, 11) is 0. The minimum atomic E-state index is 0.320. The molecular weight excluding hydrogens is 138 g/mol. The average molecular weight is 151 g/mol. The Bertz CT molecular complexity index is 214. The Kier molecular flexibility index (Phi) is 2.78. The standard InChI is InChI=1S/C9H13NO/c1-2-10-8-6-4-3-5-7-9(8)11/h4-7,10-11H,2-3H2,1H3. The zero-order valence-electron chi connectivity index (χ0n) is 6.67. The topological polar surface area (TPSA) is 32.3 Å². The molecular formula is C9H13NO. The summed E-state index contributed by atoms with van der Waals surface area (Å²) in [4.78, 5) is 0. The van der Waals surface area contributed by atoms with Crippen molar-refractivity contribution >= 4 is 0 Å². The number of rotatable bonds is 2. The third-order valence-corrected chi connectivity index (χ3v) is 1.48. The second-order valence-corrected chi connectivity index (χ2v) is 2.37. The van der Waals surface area contributed by atoms with Crippen LogP contribution in [0, 0.1) is 0 Å². The molecule has 0 fully saturated rings. The first-order valence-corrected chi connectivity index (χ1v) is 3.84. The fraction of sp³-hybridized carbons (Fsp3) is 0.333. The van der Waals surface area contributed by atoms with Crippen LogP contribution in [0.3, 0.4) is 0 Å². The minimum absolute atomic E-state index is 0.320. The molecule has 60 valence electrons. The zero-order chi connectivity index (χ0) is 8.10. The van der Waals surface area contributed by atoms with E-state index in [0.717, 1.165) is 18.7 Å². The van der Waals surface area contributed by atoms with E-state index in [9.17, 15) is 5.11 Å². The van der Waals surface area contributed by atoms with E-state index in [1.54, 1.807) is 6.08 Å². The molecule has 0 saturated carbocycles. The highest BCUT2D eigenvalue weighted by Crippen LogP contribution is 2.07. The van der Waals surface area contributed by atoms with Crippen LogP contribution in [0.4, 0.5) is 0 Å². The molecule has 0 aromatic rings. The second kappa shape index (κ2) is 3.86. The van der Waals surface area contributed by atoms with Gasteiger partial charge in [0.1, 0.15) is 5.76 Å². The van der Waals surface area contributed by atoms with Gasteiger partial charge in [0.05, 0.1) is 5.70 Å². The molecule has 1 aliphatic carbocycles. The first kappa shape index (κ1) is 7.92. The van der Waals surface area contributed by atoms with Gasteiger partial charge in [-0.1, -0.05) is 12.2 Å². The SMILES string of the molecule is CCNC1=C(O)C=CCC=C1. The molecule has 0 aromatic carbocycles. The van der Waals surface area contributed by atoms with E-state index >= 15 is 0 Å². The summed E-state index contributed by atoms with van der Waals surface area (Å²) >= 11 is 0. The number of hydrogen-bond acceptors (Lipinski definition) is 2. The van der Waals surface area contributed by atoms with E-state index < -0.39 is 0 Å². The molecule has 2 heteroatoms. The maximum atomic E-state index is 9.36. The van der Waals surface area contributed by atoms with Gasteiger partial charge in [-0.25, -0.2) is 0 Å². The maximum absolute atomic E-state index is 9.36. The van der Waals surface area contributed by atoms with E-state index in [4.69, 9.17) is 0 Å². The summed E-state index contributed by atoms with van der Waals surface area (Å²) in [6, 6.07) is 0. The van der Waals surface area contributed by atoms with Crippen molar-refractivity contribution in [3.05, 3.63) is 35.8 Å². The molecule has 0 saturated heterocycles. The predicted octanol–water partition coefficient (Wildman–Crippen LogP) is 1.88. The fourth-order valence-corrected chi connectivity index (χ4v) is 0.959. The normalized spacial score (nSPS) is 16.8. The smallest absolute Gasteiger partial charge is 0.138 e. The van der Waals surface area contributed by atoms with Gasteiger partial charge in [-0.15, -0.1) is 0 Å². The Hall–Kier alpha value is -1.18. The highest BCUT2D eigenvalue weighted by Gasteiger charge is 1.98. The first-order chi connectivity index (χ1) is 5.34. The van der Waals surface area contributed by atoms with Gasteiger partial charge in [-0.05, 0) is 25.5 Å². The third-order valence-electron chi connectivity index (χ3n) is 1.48. The van der Waals surface area contributed by atoms with Crippen molar-refractivity contribution in [2.24, 2.45) is 0 Å². The average Bonchev–Trinajstić information content (AvgIpc) is 2.18. The summed E-state index contributed by atoms with van der Waals surface area (Å²) in [6.07, 6.45) is 8.45. The molecule has 0 unspecified atom stereocenters. The molecule has 0 atom stereocenters. The molecule has 2 N–H and O–H groups in total. The summed E-state index contributed by atoms with van der Waals surface area (Å²) in [6.45, 7) is 2.83. The lowest BCUT2D eigenvalue weighted by Crippen LogP contribution is -2.12. The van der Waals surface area contributed by atoms with Gasteiger partial charge in [0.25, 0.3) is 0 Å². The number of allylic oxidation sites excluding steroid dienone is 4. The molecule has 1 aliphatic rings. The predicted molar refractivity (Wildman–Crippen MR) is 46.2 cm³/mol. The van der Waals surface area contributed by atoms with E-state index in [-0.39, 0.29) is 0 Å². The van der Waals surface area contributed by atoms with Crippen molar-refractivity contribution in [3.63, 3.8) is 0 Å². The molecule has 0 heterocycles. The van der Waals surface area contributed by atoms with Gasteiger partial charge >= 0.3 is 0 Å². The Morgan fingerprint density at radius 3 is 2.91 bits per heavy atom. The van der Waals surface area contributed by atoms with Crippen LogP contribution < -0.4 is 5.32 Å². The Labute approximate surface area is 66.9 Å². The number of nitrogens with one attached hydrogen (secondary N) is 1. The van der Waals surface area contributed by atoms with Crippen LogP contribution in [0.15, 0.2) is 35.8 Å². The quantitative estimate of drug-likeness (QED) is 0.631. The lowest BCUT2D eigenvalue weighted by atomic mass is 10.3. The summed E-state index contributed by atoms with van der Waals surface area (Å²) in [5, 5.41) is 12.4. The fourth-order valence-electron chi connectivity index (χ4n) is 0.959. The van der Waals surface area contributed by atoms with Crippen LogP contribution >= 0.6 is 0 Å². The van der Waals surface area contributed by atoms with Gasteiger partial charge in [0, 0.05) is 6.54 Å². The van der Waals surface area contributed by atoms with Crippen LogP contribution in [0.2, 0.25) is 0 Å². The van der Waals surface area contributed by atoms with E-state index in [1.807, 2.05) is 25.2 Å². The highest BCUT2D eigenvalue weighted by molar-refractivity contribution is 5.30. The van der Waals surface area contributed by atoms with Crippen molar-refractivity contribution in [2.45, 2.75) is 13.3 Å². The van der Waals surface area contributed by atoms with Gasteiger partial charge < -0.3 is 10.4 Å². The molecule has 0 radical (unpaired) electrons. The summed E-state index contributed by atoms with van der Waals surface area (Å²) in [5.41, 5.74) is 0.807. The first-order valence-electron chi connectivity index (χ1n) is 3.84. The molecule has 0 aromatic heterocycles. The van der Waals surface area contributed by atoms with Crippen LogP contribution in [0.1, 0.15) is 13.3 Å². The van der Waals surface area contributed by atoms with Crippen molar-refractivity contribution < 1.29 is 5.11 Å². The lowest BCUT2D eigenvalue weighted by molar-refractivity contribution is 0.422. The van der Waals surface area contributed by atoms with E-state index in [0.29, 0.717) is 5.76 Å². The number of aliphatic hydroxyl groups is 1. The Balaban J connectivity index is 2.76. The zero-order valence-corrected chi connectivity index (χ0v) is 6.67. The van der Waals surface area contributed by atoms with Gasteiger partial charge in [-0.3, -0.25) is 0 Å². The minimum Gasteiger partial charge on any atom is -0.506 e. The maximum Gasteiger partial charge on any atom is 0.138 e. The van der Waals surface area contributed by atoms with Gasteiger partial charge in [0.2, 0.25) is 0 Å². The number of aliphatic hydroxyl groups excluding tert-OH is 1. The van der Waals surface area contributed by atoms with E-state index in [2.05, 4.69) is 5.32 Å². The van der Waals surface area contributed by atoms with Crippen molar-refractivity contribution in [3.8, 4) is 0 Å². The van der Waals surface area contributed by atoms with Crippen LogP contribution in [-0.4, -0.2) is 11.7 Å². The van der Waals surface area contributed by atoms with E-state index in [1.165, 1.54) is 0 Å². The van der Waals surface area contributed by atoms with Crippen LogP contribution in [0.25, 0.3) is 0 Å². The summed E-state index contributed by atoms with van der Waals surface area (Å²) in [5.74, 6) is 0.320. The molecule has 11 heavy (non-hydrogen) atoms. The van der Waals surface area contributed by atoms with Crippen molar-refractivity contribution in [1.29, 1.82) is 0 Å². The van der Waals surface area contributed by atoms with Crippen LogP contribution in [0.5, 0.6) is 0 Å². The second-order valence-electron chi connectivity index (χ2n) is 2.37. The lowest BCUT2D eigenvalue weighted by Gasteiger charge is -2.03. The Morgan fingerprint density at radius 2 is 2.18 bits per heavy atom. The van der Waals surface area contributed by atoms with Crippen LogP contribution in [-0.2, 0) is 0 Å². The molecule has 1 rings (SSSR count). The highest BCUT2D eigenvalue weighted by atomic mass is 16.3. The Morgan fingerprint density at radius 1 is 1.45 bits per heavy atom. The molecule has 0 bridgehead atoms. The van der Waals surface area contributed by atoms with Gasteiger partial charge in [0.15, 0.2) is 0 Å². The monoisotopic (exact) mass is 151 g/mol. The largest absolute Gasteiger partial charge is 0.506 e. The molecule has 0 spiro atoms. The number of hydrogen-bond donors (Lipinski definition) is 2. The molecule has 0 amide bonds. The van der Waals surface area contributed by atoms with Crippen molar-refractivity contribution in [1.82, 2.24) is 5.32 Å². The molecule has 0 aliphatic heterocycles. The number of likely N-dealkylation sites (N-methyl/N-ethyl adjacent to an activating group) is 1. The molecule has 2 nitrogen and oxygen atoms in total. The van der Waals surface area contributed by atoms with Crippen molar-refractivity contribution in [2.75, 3.05) is 6.54 Å². The van der Waals surface area contributed by atoms with Gasteiger partial charge in [-0.2, -0.15) is 0 Å². The summed E-state index contributed by atoms with van der Waals surface area (Å²) < 4.78 is 0.